The Morgan fingerprint density at radius 3 is 2.86 bits per heavy atom. The average Bonchev–Trinajstić information content (AvgIpc) is 3.14. The predicted octanol–water partition coefficient (Wildman–Crippen LogP) is 4.35. The third-order valence-electron chi connectivity index (χ3n) is 4.36. The van der Waals surface area contributed by atoms with Crippen molar-refractivity contribution in [3.63, 3.8) is 0 Å². The Bertz CT molecular complexity index is 724. The Labute approximate surface area is 139 Å². The zero-order valence-electron chi connectivity index (χ0n) is 12.5. The van der Waals surface area contributed by atoms with Gasteiger partial charge in [-0.1, -0.05) is 24.3 Å². The van der Waals surface area contributed by atoms with Crippen LogP contribution in [0.25, 0.3) is 10.1 Å². The number of hydrogen-bond donors (Lipinski definition) is 1. The number of hydrogen-bond acceptors (Lipinski definition) is 4. The van der Waals surface area contributed by atoms with E-state index in [0.29, 0.717) is 6.04 Å². The van der Waals surface area contributed by atoms with Crippen molar-refractivity contribution < 1.29 is 0 Å². The van der Waals surface area contributed by atoms with Crippen LogP contribution in [0.1, 0.15) is 22.9 Å². The van der Waals surface area contributed by atoms with Gasteiger partial charge >= 0.3 is 0 Å². The molecule has 3 heterocycles. The summed E-state index contributed by atoms with van der Waals surface area (Å²) in [6, 6.07) is 13.7. The molecule has 0 radical (unpaired) electrons. The molecule has 0 spiro atoms. The van der Waals surface area contributed by atoms with Crippen molar-refractivity contribution in [2.45, 2.75) is 12.5 Å². The van der Waals surface area contributed by atoms with Gasteiger partial charge in [-0.15, -0.1) is 22.7 Å². The highest BCUT2D eigenvalue weighted by Crippen LogP contribution is 2.38. The van der Waals surface area contributed by atoms with Gasteiger partial charge in [0.25, 0.3) is 0 Å². The highest BCUT2D eigenvalue weighted by Gasteiger charge is 2.26. The molecule has 1 atom stereocenters. The first-order valence-electron chi connectivity index (χ1n) is 7.88. The van der Waals surface area contributed by atoms with Crippen molar-refractivity contribution in [3.8, 4) is 0 Å². The average molecular weight is 329 g/mol. The molecule has 0 aliphatic carbocycles. The predicted molar refractivity (Wildman–Crippen MR) is 97.0 cm³/mol. The van der Waals surface area contributed by atoms with Crippen molar-refractivity contribution in [1.82, 2.24) is 10.2 Å². The molecule has 2 nitrogen and oxygen atoms in total. The second-order valence-corrected chi connectivity index (χ2v) is 7.64. The van der Waals surface area contributed by atoms with Gasteiger partial charge < -0.3 is 5.32 Å². The van der Waals surface area contributed by atoms with Gasteiger partial charge in [0.1, 0.15) is 0 Å². The zero-order valence-corrected chi connectivity index (χ0v) is 14.1. The molecule has 1 fully saturated rings. The Hall–Kier alpha value is -1.20. The lowest BCUT2D eigenvalue weighted by Crippen LogP contribution is -2.32. The summed E-state index contributed by atoms with van der Waals surface area (Å²) in [5.41, 5.74) is 1.48. The maximum atomic E-state index is 3.52. The quantitative estimate of drug-likeness (QED) is 0.769. The van der Waals surface area contributed by atoms with E-state index in [2.05, 4.69) is 57.4 Å². The minimum atomic E-state index is 0.399. The standard InChI is InChI=1S/C18H20N2S2/c1-2-6-16-14(5-1)15(13-22-16)18(17-7-3-12-21-17)20-10-4-8-19-9-11-20/h1-3,5-7,12-13,18-19H,4,8-11H2. The molecule has 1 aliphatic rings. The Morgan fingerprint density at radius 1 is 1.00 bits per heavy atom. The molecular formula is C18H20N2S2. The lowest BCUT2D eigenvalue weighted by Gasteiger charge is -2.29. The molecule has 1 unspecified atom stereocenters. The highest BCUT2D eigenvalue weighted by atomic mass is 32.1. The van der Waals surface area contributed by atoms with Crippen molar-refractivity contribution in [2.24, 2.45) is 0 Å². The molecule has 1 aromatic carbocycles. The van der Waals surface area contributed by atoms with Crippen molar-refractivity contribution in [3.05, 3.63) is 57.6 Å². The van der Waals surface area contributed by atoms with Gasteiger partial charge in [-0.25, -0.2) is 0 Å². The van der Waals surface area contributed by atoms with E-state index in [9.17, 15) is 0 Å². The number of nitrogens with zero attached hydrogens (tertiary/aromatic N) is 1. The lowest BCUT2D eigenvalue weighted by molar-refractivity contribution is 0.245. The Morgan fingerprint density at radius 2 is 1.95 bits per heavy atom. The topological polar surface area (TPSA) is 15.3 Å². The number of fused-ring (bicyclic) bond motifs is 1. The van der Waals surface area contributed by atoms with Crippen LogP contribution in [-0.2, 0) is 0 Å². The summed E-state index contributed by atoms with van der Waals surface area (Å²) >= 11 is 3.75. The molecule has 1 N–H and O–H groups in total. The fourth-order valence-electron chi connectivity index (χ4n) is 3.31. The smallest absolute Gasteiger partial charge is 0.0710 e. The van der Waals surface area contributed by atoms with Gasteiger partial charge in [-0.2, -0.15) is 0 Å². The van der Waals surface area contributed by atoms with E-state index in [1.165, 1.54) is 33.5 Å². The summed E-state index contributed by atoms with van der Waals surface area (Å²) < 4.78 is 1.40. The third-order valence-corrected chi connectivity index (χ3v) is 6.26. The first-order valence-corrected chi connectivity index (χ1v) is 9.64. The van der Waals surface area contributed by atoms with Crippen LogP contribution in [0.15, 0.2) is 47.2 Å². The van der Waals surface area contributed by atoms with Gasteiger partial charge in [-0.3, -0.25) is 4.90 Å². The number of rotatable bonds is 3. The van der Waals surface area contributed by atoms with Crippen LogP contribution in [0.2, 0.25) is 0 Å². The van der Waals surface area contributed by atoms with Crippen molar-refractivity contribution >= 4 is 32.8 Å². The second-order valence-electron chi connectivity index (χ2n) is 5.74. The van der Waals surface area contributed by atoms with Crippen LogP contribution in [-0.4, -0.2) is 31.1 Å². The molecular weight excluding hydrogens is 308 g/mol. The monoisotopic (exact) mass is 328 g/mol. The second kappa shape index (κ2) is 6.50. The zero-order chi connectivity index (χ0) is 14.8. The molecule has 0 saturated carbocycles. The molecule has 3 aromatic rings. The first kappa shape index (κ1) is 14.4. The van der Waals surface area contributed by atoms with E-state index in [4.69, 9.17) is 0 Å². The van der Waals surface area contributed by atoms with Crippen LogP contribution in [0.3, 0.4) is 0 Å². The van der Waals surface area contributed by atoms with E-state index in [0.717, 1.165) is 19.6 Å². The van der Waals surface area contributed by atoms with Crippen molar-refractivity contribution in [2.75, 3.05) is 26.2 Å². The lowest BCUT2D eigenvalue weighted by atomic mass is 10.0. The fraction of sp³-hybridized carbons (Fsp3) is 0.333. The molecule has 4 rings (SSSR count). The highest BCUT2D eigenvalue weighted by molar-refractivity contribution is 7.17. The van der Waals surface area contributed by atoms with Crippen LogP contribution < -0.4 is 5.32 Å². The Kier molecular flexibility index (Phi) is 4.26. The largest absolute Gasteiger partial charge is 0.315 e. The van der Waals surface area contributed by atoms with E-state index >= 15 is 0 Å². The maximum absolute atomic E-state index is 3.52. The summed E-state index contributed by atoms with van der Waals surface area (Å²) in [6.07, 6.45) is 1.23. The van der Waals surface area contributed by atoms with Crippen LogP contribution >= 0.6 is 22.7 Å². The number of nitrogens with one attached hydrogen (secondary N) is 1. The van der Waals surface area contributed by atoms with E-state index in [-0.39, 0.29) is 0 Å². The van der Waals surface area contributed by atoms with Crippen LogP contribution in [0.5, 0.6) is 0 Å². The van der Waals surface area contributed by atoms with E-state index in [1.807, 2.05) is 22.7 Å². The molecule has 1 saturated heterocycles. The molecule has 0 amide bonds. The van der Waals surface area contributed by atoms with Gasteiger partial charge in [0.15, 0.2) is 0 Å². The Balaban J connectivity index is 1.80. The molecule has 4 heteroatoms. The molecule has 1 aliphatic heterocycles. The van der Waals surface area contributed by atoms with Crippen LogP contribution in [0.4, 0.5) is 0 Å². The van der Waals surface area contributed by atoms with Crippen LogP contribution in [0, 0.1) is 0 Å². The number of benzene rings is 1. The first-order chi connectivity index (χ1) is 10.9. The van der Waals surface area contributed by atoms with Crippen molar-refractivity contribution in [1.29, 1.82) is 0 Å². The summed E-state index contributed by atoms with van der Waals surface area (Å²) in [7, 11) is 0. The van der Waals surface area contributed by atoms with E-state index < -0.39 is 0 Å². The molecule has 0 bridgehead atoms. The summed E-state index contributed by atoms with van der Waals surface area (Å²) in [6.45, 7) is 4.51. The molecule has 22 heavy (non-hydrogen) atoms. The SMILES string of the molecule is c1csc(C(c2csc3ccccc23)N2CCCNCC2)c1. The number of thiophene rings is 2. The van der Waals surface area contributed by atoms with Gasteiger partial charge in [0.05, 0.1) is 6.04 Å². The molecule has 114 valence electrons. The summed E-state index contributed by atoms with van der Waals surface area (Å²) in [5.74, 6) is 0. The summed E-state index contributed by atoms with van der Waals surface area (Å²) in [4.78, 5) is 4.12. The van der Waals surface area contributed by atoms with E-state index in [1.54, 1.807) is 0 Å². The maximum Gasteiger partial charge on any atom is 0.0710 e. The third kappa shape index (κ3) is 2.72. The minimum absolute atomic E-state index is 0.399. The van der Waals surface area contributed by atoms with Gasteiger partial charge in [0, 0.05) is 29.2 Å². The summed E-state index contributed by atoms with van der Waals surface area (Å²) in [5, 5.41) is 9.51. The normalized spacial score (nSPS) is 18.4. The van der Waals surface area contributed by atoms with Gasteiger partial charge in [-0.05, 0) is 46.8 Å². The van der Waals surface area contributed by atoms with Gasteiger partial charge in [0.2, 0.25) is 0 Å². The minimum Gasteiger partial charge on any atom is -0.315 e. The molecule has 2 aromatic heterocycles. The fourth-order valence-corrected chi connectivity index (χ4v) is 5.17.